The molecular weight excluding hydrogens is 242 g/mol. The quantitative estimate of drug-likeness (QED) is 0.436. The second kappa shape index (κ2) is 5.75. The van der Waals surface area contributed by atoms with Crippen LogP contribution in [0.25, 0.3) is 0 Å². The molecule has 1 unspecified atom stereocenters. The summed E-state index contributed by atoms with van der Waals surface area (Å²) in [6.45, 7) is 3.38. The van der Waals surface area contributed by atoms with Crippen molar-refractivity contribution in [1.29, 1.82) is 0 Å². The van der Waals surface area contributed by atoms with Gasteiger partial charge >= 0.3 is 11.7 Å². The van der Waals surface area contributed by atoms with E-state index in [1.54, 1.807) is 6.92 Å². The second-order valence-electron chi connectivity index (χ2n) is 3.34. The van der Waals surface area contributed by atoms with Crippen LogP contribution in [0.4, 0.5) is 17.5 Å². The Labute approximate surface area is 103 Å². The number of nitrogens with two attached hydrogens (primary N) is 1. The summed E-state index contributed by atoms with van der Waals surface area (Å²) < 4.78 is 4.76. The van der Waals surface area contributed by atoms with Crippen molar-refractivity contribution in [2.75, 3.05) is 17.7 Å². The van der Waals surface area contributed by atoms with Gasteiger partial charge in [-0.3, -0.25) is 10.1 Å². The predicted molar refractivity (Wildman–Crippen MR) is 62.8 cm³/mol. The molecule has 9 nitrogen and oxygen atoms in total. The molecule has 0 aliphatic carbocycles. The first kappa shape index (κ1) is 13.6. The molecule has 0 aromatic carbocycles. The van der Waals surface area contributed by atoms with Crippen LogP contribution in [0.5, 0.6) is 0 Å². The Morgan fingerprint density at radius 2 is 2.39 bits per heavy atom. The van der Waals surface area contributed by atoms with Crippen molar-refractivity contribution in [2.45, 2.75) is 19.9 Å². The zero-order chi connectivity index (χ0) is 13.7. The van der Waals surface area contributed by atoms with E-state index in [0.717, 1.165) is 6.20 Å². The van der Waals surface area contributed by atoms with E-state index in [4.69, 9.17) is 10.5 Å². The van der Waals surface area contributed by atoms with Gasteiger partial charge < -0.3 is 15.8 Å². The van der Waals surface area contributed by atoms with Crippen molar-refractivity contribution in [1.82, 2.24) is 9.97 Å². The summed E-state index contributed by atoms with van der Waals surface area (Å²) in [6.07, 6.45) is 0.975. The van der Waals surface area contributed by atoms with Gasteiger partial charge in [0.05, 0.1) is 11.5 Å². The van der Waals surface area contributed by atoms with E-state index < -0.39 is 16.9 Å². The molecule has 1 aromatic rings. The summed E-state index contributed by atoms with van der Waals surface area (Å²) in [5.74, 6) is -0.781. The Kier molecular flexibility index (Phi) is 4.35. The number of carbonyl (C=O) groups excluding carboxylic acids is 1. The summed E-state index contributed by atoms with van der Waals surface area (Å²) in [5.41, 5.74) is 4.98. The summed E-state index contributed by atoms with van der Waals surface area (Å²) in [7, 11) is 0. The van der Waals surface area contributed by atoms with Crippen molar-refractivity contribution in [3.05, 3.63) is 16.3 Å². The largest absolute Gasteiger partial charge is 0.464 e. The minimum atomic E-state index is -0.780. The van der Waals surface area contributed by atoms with E-state index in [0.29, 0.717) is 0 Å². The predicted octanol–water partition coefficient (Wildman–Crippen LogP) is 0.330. The Morgan fingerprint density at radius 3 is 2.94 bits per heavy atom. The first-order valence-electron chi connectivity index (χ1n) is 5.15. The number of anilines is 2. The van der Waals surface area contributed by atoms with E-state index in [2.05, 4.69) is 15.3 Å². The minimum Gasteiger partial charge on any atom is -0.464 e. The molecule has 0 aliphatic rings. The fourth-order valence-electron chi connectivity index (χ4n) is 1.16. The number of nitrogens with one attached hydrogen (secondary N) is 1. The topological polar surface area (TPSA) is 133 Å². The van der Waals surface area contributed by atoms with E-state index in [9.17, 15) is 14.9 Å². The van der Waals surface area contributed by atoms with Crippen molar-refractivity contribution in [3.8, 4) is 0 Å². The highest BCUT2D eigenvalue weighted by molar-refractivity contribution is 5.79. The standard InChI is InChI=1S/C9H13N5O4/c1-3-18-8(15)5(2)12-7-6(14(16)17)4-11-9(10)13-7/h4-5H,3H2,1-2H3,(H3,10,11,12,13). The number of carbonyl (C=O) groups is 1. The lowest BCUT2D eigenvalue weighted by molar-refractivity contribution is -0.384. The van der Waals surface area contributed by atoms with Crippen molar-refractivity contribution >= 4 is 23.4 Å². The summed E-state index contributed by atoms with van der Waals surface area (Å²) in [4.78, 5) is 28.7. The van der Waals surface area contributed by atoms with Crippen LogP contribution in [0, 0.1) is 10.1 Å². The van der Waals surface area contributed by atoms with Crippen LogP contribution < -0.4 is 11.1 Å². The fourth-order valence-corrected chi connectivity index (χ4v) is 1.16. The Morgan fingerprint density at radius 1 is 1.72 bits per heavy atom. The number of nitrogen functional groups attached to an aromatic ring is 1. The molecule has 9 heteroatoms. The van der Waals surface area contributed by atoms with Crippen molar-refractivity contribution < 1.29 is 14.5 Å². The maximum Gasteiger partial charge on any atom is 0.329 e. The average molecular weight is 255 g/mol. The number of hydrogen-bond donors (Lipinski definition) is 2. The summed E-state index contributed by atoms with van der Waals surface area (Å²) >= 11 is 0. The van der Waals surface area contributed by atoms with Gasteiger partial charge in [0.15, 0.2) is 0 Å². The summed E-state index contributed by atoms with van der Waals surface area (Å²) in [6, 6.07) is -0.780. The molecule has 3 N–H and O–H groups in total. The molecule has 1 heterocycles. The smallest absolute Gasteiger partial charge is 0.329 e. The Bertz CT molecular complexity index is 464. The maximum absolute atomic E-state index is 11.4. The van der Waals surface area contributed by atoms with Crippen LogP contribution in [0.15, 0.2) is 6.20 Å². The number of aromatic nitrogens is 2. The Hall–Kier alpha value is -2.45. The molecule has 1 rings (SSSR count). The number of rotatable bonds is 5. The molecule has 0 saturated carbocycles. The zero-order valence-electron chi connectivity index (χ0n) is 9.91. The number of hydrogen-bond acceptors (Lipinski definition) is 8. The molecule has 0 radical (unpaired) electrons. The normalized spacial score (nSPS) is 11.7. The highest BCUT2D eigenvalue weighted by atomic mass is 16.6. The van der Waals surface area contributed by atoms with Crippen LogP contribution in [0.3, 0.4) is 0 Å². The van der Waals surface area contributed by atoms with E-state index in [1.165, 1.54) is 6.92 Å². The third kappa shape index (κ3) is 3.27. The second-order valence-corrected chi connectivity index (χ2v) is 3.34. The first-order valence-corrected chi connectivity index (χ1v) is 5.15. The Balaban J connectivity index is 2.92. The molecule has 0 amide bonds. The lowest BCUT2D eigenvalue weighted by Gasteiger charge is -2.12. The highest BCUT2D eigenvalue weighted by Gasteiger charge is 2.21. The number of esters is 1. The van der Waals surface area contributed by atoms with Gasteiger partial charge in [-0.2, -0.15) is 4.98 Å². The molecule has 18 heavy (non-hydrogen) atoms. The molecule has 0 aliphatic heterocycles. The van der Waals surface area contributed by atoms with E-state index in [-0.39, 0.29) is 24.1 Å². The van der Waals surface area contributed by atoms with Gasteiger partial charge in [-0.05, 0) is 13.8 Å². The van der Waals surface area contributed by atoms with Gasteiger partial charge in [-0.15, -0.1) is 0 Å². The van der Waals surface area contributed by atoms with E-state index in [1.807, 2.05) is 0 Å². The minimum absolute atomic E-state index is 0.118. The molecule has 0 spiro atoms. The third-order valence-electron chi connectivity index (χ3n) is 1.98. The molecule has 0 saturated heterocycles. The lowest BCUT2D eigenvalue weighted by Crippen LogP contribution is -2.29. The van der Waals surface area contributed by atoms with Gasteiger partial charge in [-0.25, -0.2) is 9.78 Å². The average Bonchev–Trinajstić information content (AvgIpc) is 2.28. The van der Waals surface area contributed by atoms with Gasteiger partial charge in [-0.1, -0.05) is 0 Å². The van der Waals surface area contributed by atoms with Crippen molar-refractivity contribution in [3.63, 3.8) is 0 Å². The number of nitro groups is 1. The van der Waals surface area contributed by atoms with Crippen LogP contribution in [0.2, 0.25) is 0 Å². The molecule has 0 fully saturated rings. The van der Waals surface area contributed by atoms with Crippen molar-refractivity contribution in [2.24, 2.45) is 0 Å². The van der Waals surface area contributed by atoms with Crippen LogP contribution in [-0.4, -0.2) is 33.5 Å². The maximum atomic E-state index is 11.4. The van der Waals surface area contributed by atoms with Crippen LogP contribution >= 0.6 is 0 Å². The van der Waals surface area contributed by atoms with Gasteiger partial charge in [0.2, 0.25) is 11.8 Å². The highest BCUT2D eigenvalue weighted by Crippen LogP contribution is 2.21. The fraction of sp³-hybridized carbons (Fsp3) is 0.444. The molecule has 1 aromatic heterocycles. The third-order valence-corrected chi connectivity index (χ3v) is 1.98. The SMILES string of the molecule is CCOC(=O)C(C)Nc1nc(N)ncc1[N+](=O)[O-]. The summed E-state index contributed by atoms with van der Waals surface area (Å²) in [5, 5.41) is 13.3. The number of ether oxygens (including phenoxy) is 1. The van der Waals surface area contributed by atoms with Crippen LogP contribution in [-0.2, 0) is 9.53 Å². The first-order chi connectivity index (χ1) is 8.45. The van der Waals surface area contributed by atoms with E-state index >= 15 is 0 Å². The van der Waals surface area contributed by atoms with Crippen LogP contribution in [0.1, 0.15) is 13.8 Å². The zero-order valence-corrected chi connectivity index (χ0v) is 9.91. The van der Waals surface area contributed by atoms with Gasteiger partial charge in [0, 0.05) is 0 Å². The van der Waals surface area contributed by atoms with Gasteiger partial charge in [0.25, 0.3) is 0 Å². The lowest BCUT2D eigenvalue weighted by atomic mass is 10.3. The molecular formula is C9H13N5O4. The molecule has 1 atom stereocenters. The molecule has 0 bridgehead atoms. The molecule has 98 valence electrons. The van der Waals surface area contributed by atoms with Gasteiger partial charge in [0.1, 0.15) is 12.2 Å². The number of nitrogens with zero attached hydrogens (tertiary/aromatic N) is 3. The monoisotopic (exact) mass is 255 g/mol.